The van der Waals surface area contributed by atoms with E-state index in [2.05, 4.69) is 24.7 Å². The second-order valence-corrected chi connectivity index (χ2v) is 26.2. The number of ether oxygens (including phenoxy) is 4. The van der Waals surface area contributed by atoms with E-state index < -0.39 is 41.9 Å². The minimum Gasteiger partial charge on any atom is -0.490 e. The van der Waals surface area contributed by atoms with Gasteiger partial charge in [-0.1, -0.05) is 48.5 Å². The van der Waals surface area contributed by atoms with Crippen LogP contribution in [0.25, 0.3) is 64.9 Å². The number of hydrogen-bond donors (Lipinski definition) is 4. The van der Waals surface area contributed by atoms with Crippen molar-refractivity contribution in [1.29, 1.82) is 0 Å². The zero-order chi connectivity index (χ0) is 60.2. The number of fused-ring (bicyclic) bond motifs is 4. The number of carbonyl (C=O) groups is 2. The Bertz CT molecular complexity index is 4580. The predicted molar refractivity (Wildman–Crippen MR) is 331 cm³/mol. The van der Waals surface area contributed by atoms with Crippen LogP contribution in [-0.4, -0.2) is 87.2 Å². The number of nitrogens with one attached hydrogen (secondary N) is 3. The monoisotopic (exact) mass is 1210 g/mol. The predicted octanol–water partition coefficient (Wildman–Crippen LogP) is 12.1. The average Bonchev–Trinajstić information content (AvgIpc) is 1.47. The van der Waals surface area contributed by atoms with Crippen LogP contribution in [-0.2, 0) is 29.5 Å². The molecule has 0 radical (unpaired) electrons. The summed E-state index contributed by atoms with van der Waals surface area (Å²) in [6, 6.07) is 32.2. The summed E-state index contributed by atoms with van der Waals surface area (Å²) in [5, 5.41) is 4.68. The molecule has 0 unspecified atom stereocenters. The van der Waals surface area contributed by atoms with Crippen molar-refractivity contribution in [2.45, 2.75) is 89.5 Å². The molecule has 2 amide bonds. The topological polar surface area (TPSA) is 266 Å². The van der Waals surface area contributed by atoms with Gasteiger partial charge in [-0.3, -0.25) is 9.59 Å². The Kier molecular flexibility index (Phi) is 15.7. The summed E-state index contributed by atoms with van der Waals surface area (Å²) in [6.07, 6.45) is 2.64. The Morgan fingerprint density at radius 1 is 0.605 bits per heavy atom. The molecular formula is C64H62N8O11S3. The van der Waals surface area contributed by atoms with Gasteiger partial charge in [0.2, 0.25) is 0 Å². The molecule has 0 bridgehead atoms. The maximum atomic E-state index is 14.9. The Morgan fingerprint density at radius 3 is 1.72 bits per heavy atom. The van der Waals surface area contributed by atoms with Crippen molar-refractivity contribution < 1.29 is 49.8 Å². The summed E-state index contributed by atoms with van der Waals surface area (Å²) in [6.45, 7) is 13.9. The van der Waals surface area contributed by atoms with E-state index >= 15 is 0 Å². The summed E-state index contributed by atoms with van der Waals surface area (Å²) in [7, 11) is -9.21. The maximum absolute atomic E-state index is 14.9. The minimum absolute atomic E-state index is 0.0492. The van der Waals surface area contributed by atoms with Crippen LogP contribution in [0.2, 0.25) is 0 Å². The highest BCUT2D eigenvalue weighted by molar-refractivity contribution is 7.90. The number of thiophene rings is 1. The lowest BCUT2D eigenvalue weighted by Crippen LogP contribution is -2.32. The number of nitrogens with zero attached hydrogens (tertiary/aromatic N) is 4. The molecule has 22 heteroatoms. The van der Waals surface area contributed by atoms with Crippen molar-refractivity contribution in [2.24, 2.45) is 11.8 Å². The Labute approximate surface area is 500 Å². The molecule has 19 nitrogen and oxygen atoms in total. The van der Waals surface area contributed by atoms with E-state index in [4.69, 9.17) is 39.1 Å². The van der Waals surface area contributed by atoms with Crippen molar-refractivity contribution in [2.75, 3.05) is 37.5 Å². The van der Waals surface area contributed by atoms with Gasteiger partial charge in [0.05, 0.1) is 61.4 Å². The Morgan fingerprint density at radius 2 is 1.14 bits per heavy atom. The lowest BCUT2D eigenvalue weighted by molar-refractivity contribution is 0.0243. The van der Waals surface area contributed by atoms with E-state index in [0.29, 0.717) is 93.2 Å². The molecule has 5 N–H and O–H groups in total. The fraction of sp³-hybridized carbons (Fsp3) is 0.281. The number of hydrogen-bond acceptors (Lipinski definition) is 18. The van der Waals surface area contributed by atoms with Gasteiger partial charge in [0.1, 0.15) is 34.4 Å². The summed E-state index contributed by atoms with van der Waals surface area (Å²) in [4.78, 5) is 49.1. The molecule has 2 atom stereocenters. The Hall–Kier alpha value is -8.54. The molecule has 12 rings (SSSR count). The minimum atomic E-state index is -4.66. The quantitative estimate of drug-likeness (QED) is 0.0700. The van der Waals surface area contributed by atoms with Gasteiger partial charge in [-0.05, 0) is 168 Å². The third-order valence-corrected chi connectivity index (χ3v) is 20.0. The molecular weight excluding hydrogens is 1150 g/mol. The van der Waals surface area contributed by atoms with Crippen LogP contribution >= 0.6 is 11.3 Å². The molecule has 2 saturated heterocycles. The molecule has 2 fully saturated rings. The van der Waals surface area contributed by atoms with Gasteiger partial charge in [0.25, 0.3) is 31.9 Å². The first-order chi connectivity index (χ1) is 41.3. The van der Waals surface area contributed by atoms with Gasteiger partial charge in [0, 0.05) is 42.1 Å². The standard InChI is InChI=1S/C64H62N8O11S3/c1-34-20-22-49(81-38(5)40-24-28-79-29-25-40)57-43(63(73)71-85(75,76)54-18-10-16-52(65)69-54)32-46(67-59(34)57)61-37(4)56-45(13-9-14-48(56)83-61)66-53-17-11-19-55(70-53)86(77,78)72-64(74)44-33-47(62-36(3)42-12-7-8-15-51(42)84-62)68-60-35(2)21-23-50(58(44)60)82-39(6)41-26-30-80-31-27-41/h7-23,32-33,38-41H,24-31H2,1-6H3,(H2,65,69)(H,66,70)(H,71,73)(H,72,74)/t38-,39-/m1/s1. The van der Waals surface area contributed by atoms with Crippen molar-refractivity contribution in [3.63, 3.8) is 0 Å². The number of furan rings is 1. The van der Waals surface area contributed by atoms with Crippen molar-refractivity contribution >= 4 is 103 Å². The lowest BCUT2D eigenvalue weighted by Gasteiger charge is -2.29. The number of benzene rings is 4. The van der Waals surface area contributed by atoms with Gasteiger partial charge < -0.3 is 34.4 Å². The second kappa shape index (κ2) is 23.4. The number of nitrogens with two attached hydrogens (primary N) is 1. The summed E-state index contributed by atoms with van der Waals surface area (Å²) in [5.41, 5.74) is 11.3. The number of amides is 2. The number of rotatable bonds is 16. The van der Waals surface area contributed by atoms with Gasteiger partial charge in [0.15, 0.2) is 15.8 Å². The number of aromatic nitrogens is 4. The van der Waals surface area contributed by atoms with Gasteiger partial charge in [-0.25, -0.2) is 29.4 Å². The molecule has 4 aromatic carbocycles. The van der Waals surface area contributed by atoms with Crippen LogP contribution in [0.1, 0.15) is 82.5 Å². The van der Waals surface area contributed by atoms with Crippen LogP contribution < -0.4 is 30.0 Å². The third-order valence-electron chi connectivity index (χ3n) is 16.2. The summed E-state index contributed by atoms with van der Waals surface area (Å²) in [5.74, 6) is -0.443. The van der Waals surface area contributed by atoms with E-state index in [0.717, 1.165) is 51.8 Å². The first kappa shape index (κ1) is 57.9. The van der Waals surface area contributed by atoms with Crippen molar-refractivity contribution in [3.05, 3.63) is 149 Å². The molecule has 2 aliphatic rings. The van der Waals surface area contributed by atoms with Crippen LogP contribution in [0.4, 0.5) is 17.3 Å². The number of nitrogen functional groups attached to an aromatic ring is 1. The number of carbonyl (C=O) groups excluding carboxylic acids is 2. The van der Waals surface area contributed by atoms with Crippen molar-refractivity contribution in [1.82, 2.24) is 29.4 Å². The fourth-order valence-electron chi connectivity index (χ4n) is 11.5. The van der Waals surface area contributed by atoms with Gasteiger partial charge in [-0.15, -0.1) is 11.3 Å². The largest absolute Gasteiger partial charge is 0.490 e. The summed E-state index contributed by atoms with van der Waals surface area (Å²) < 4.78 is 93.3. The molecule has 0 saturated carbocycles. The molecule has 8 heterocycles. The molecule has 0 spiro atoms. The highest BCUT2D eigenvalue weighted by Gasteiger charge is 2.32. The SMILES string of the molecule is Cc1c(-c2cc(C(=O)NS(=O)(=O)c3cccc(Nc4cccc5oc(-c6cc(C(=O)NS(=O)(=O)c7cccc(N)n7)c7c(O[C@H](C)C8CCOCC8)ccc(C)c7n6)c(C)c45)n3)c3c(O[C@H](C)C4CCOCC4)ccc(C)c3n2)sc2ccccc12. The lowest BCUT2D eigenvalue weighted by atomic mass is 9.94. The number of anilines is 3. The molecule has 0 aliphatic carbocycles. The zero-order valence-corrected chi connectivity index (χ0v) is 50.5. The molecule has 2 aliphatic heterocycles. The highest BCUT2D eigenvalue weighted by atomic mass is 32.2. The molecule has 10 aromatic rings. The van der Waals surface area contributed by atoms with Gasteiger partial charge in [-0.2, -0.15) is 16.8 Å². The Balaban J connectivity index is 0.883. The molecule has 442 valence electrons. The summed E-state index contributed by atoms with van der Waals surface area (Å²) >= 11 is 1.54. The first-order valence-electron chi connectivity index (χ1n) is 28.3. The van der Waals surface area contributed by atoms with E-state index in [1.807, 2.05) is 71.0 Å². The number of pyridine rings is 4. The fourth-order valence-corrected chi connectivity index (χ4v) is 14.6. The maximum Gasteiger partial charge on any atom is 0.281 e. The molecule has 6 aromatic heterocycles. The first-order valence-corrected chi connectivity index (χ1v) is 32.1. The van der Waals surface area contributed by atoms with Gasteiger partial charge >= 0.3 is 0 Å². The normalized spacial score (nSPS) is 15.2. The van der Waals surface area contributed by atoms with Crippen LogP contribution in [0.3, 0.4) is 0 Å². The van der Waals surface area contributed by atoms with Crippen LogP contribution in [0.5, 0.6) is 11.5 Å². The zero-order valence-electron chi connectivity index (χ0n) is 48.0. The van der Waals surface area contributed by atoms with E-state index in [1.54, 1.807) is 60.7 Å². The average molecular weight is 1220 g/mol. The van der Waals surface area contributed by atoms with Crippen LogP contribution in [0, 0.1) is 39.5 Å². The number of aryl methyl sites for hydroxylation is 4. The van der Waals surface area contributed by atoms with Crippen LogP contribution in [0.15, 0.2) is 130 Å². The van der Waals surface area contributed by atoms with Crippen molar-refractivity contribution in [3.8, 4) is 33.5 Å². The second-order valence-electron chi connectivity index (χ2n) is 21.9. The van der Waals surface area contributed by atoms with E-state index in [1.165, 1.54) is 36.4 Å². The third kappa shape index (κ3) is 11.3. The van der Waals surface area contributed by atoms with E-state index in [-0.39, 0.29) is 58.3 Å². The van der Waals surface area contributed by atoms with E-state index in [9.17, 15) is 26.4 Å². The molecule has 86 heavy (non-hydrogen) atoms. The number of sulfonamides is 2. The smallest absolute Gasteiger partial charge is 0.281 e. The highest BCUT2D eigenvalue weighted by Crippen LogP contribution is 2.43.